The predicted molar refractivity (Wildman–Crippen MR) is 119 cm³/mol. The molecule has 1 fully saturated rings. The van der Waals surface area contributed by atoms with Crippen molar-refractivity contribution in [2.24, 2.45) is 0 Å². The van der Waals surface area contributed by atoms with Crippen LogP contribution >= 0.6 is 0 Å². The van der Waals surface area contributed by atoms with Crippen molar-refractivity contribution in [3.05, 3.63) is 64.2 Å². The van der Waals surface area contributed by atoms with Crippen molar-refractivity contribution < 1.29 is 14.6 Å². The van der Waals surface area contributed by atoms with Crippen molar-refractivity contribution in [1.82, 2.24) is 4.90 Å². The fourth-order valence-corrected chi connectivity index (χ4v) is 4.98. The fraction of sp³-hybridized carbons (Fsp3) is 0.500. The SMILES string of the molecule is Cc1cc(OCc2ccc3c(c2)CCN(CCC(=O)O)C3)ccc1C1CCCCC1. The van der Waals surface area contributed by atoms with Gasteiger partial charge in [0, 0.05) is 19.6 Å². The number of fused-ring (bicyclic) bond motifs is 1. The maximum atomic E-state index is 10.8. The molecular formula is C26H33NO3. The Morgan fingerprint density at radius 3 is 2.70 bits per heavy atom. The number of ether oxygens (including phenoxy) is 1. The van der Waals surface area contributed by atoms with Gasteiger partial charge in [0.15, 0.2) is 0 Å². The number of aliphatic carboxylic acids is 1. The highest BCUT2D eigenvalue weighted by Crippen LogP contribution is 2.35. The van der Waals surface area contributed by atoms with Gasteiger partial charge in [0.2, 0.25) is 0 Å². The summed E-state index contributed by atoms with van der Waals surface area (Å²) in [6.45, 7) is 5.18. The predicted octanol–water partition coefficient (Wildman–Crippen LogP) is 5.45. The van der Waals surface area contributed by atoms with Crippen LogP contribution in [0.3, 0.4) is 0 Å². The molecule has 0 atom stereocenters. The second-order valence-electron chi connectivity index (χ2n) is 8.91. The van der Waals surface area contributed by atoms with Gasteiger partial charge in [0.1, 0.15) is 12.4 Å². The van der Waals surface area contributed by atoms with Crippen molar-refractivity contribution in [2.45, 2.75) is 70.9 Å². The number of carbonyl (C=O) groups is 1. The molecule has 2 aromatic rings. The highest BCUT2D eigenvalue weighted by Gasteiger charge is 2.18. The van der Waals surface area contributed by atoms with Gasteiger partial charge in [0.25, 0.3) is 0 Å². The number of aryl methyl sites for hydroxylation is 1. The third kappa shape index (κ3) is 5.23. The molecule has 2 aromatic carbocycles. The van der Waals surface area contributed by atoms with E-state index in [1.54, 1.807) is 0 Å². The van der Waals surface area contributed by atoms with Gasteiger partial charge in [-0.15, -0.1) is 0 Å². The Morgan fingerprint density at radius 2 is 1.93 bits per heavy atom. The van der Waals surface area contributed by atoms with Crippen molar-refractivity contribution >= 4 is 5.97 Å². The maximum Gasteiger partial charge on any atom is 0.304 e. The molecule has 2 aliphatic rings. The summed E-state index contributed by atoms with van der Waals surface area (Å²) in [4.78, 5) is 13.0. The number of benzene rings is 2. The van der Waals surface area contributed by atoms with Crippen LogP contribution in [0.25, 0.3) is 0 Å². The minimum atomic E-state index is -0.727. The van der Waals surface area contributed by atoms with Gasteiger partial charge >= 0.3 is 5.97 Å². The van der Waals surface area contributed by atoms with Crippen LogP contribution in [-0.2, 0) is 24.4 Å². The molecule has 0 radical (unpaired) electrons. The van der Waals surface area contributed by atoms with Gasteiger partial charge in [-0.2, -0.15) is 0 Å². The van der Waals surface area contributed by atoms with E-state index in [1.807, 2.05) is 0 Å². The zero-order valence-corrected chi connectivity index (χ0v) is 18.0. The Labute approximate surface area is 179 Å². The standard InChI is InChI=1S/C26H33NO3/c1-19-15-24(9-10-25(19)21-5-3-2-4-6-21)30-18-20-7-8-23-17-27(14-12-26(28)29)13-11-22(23)16-20/h7-10,15-16,21H,2-6,11-14,17-18H2,1H3,(H,28,29). The van der Waals surface area contributed by atoms with E-state index in [9.17, 15) is 4.79 Å². The Bertz CT molecular complexity index is 886. The van der Waals surface area contributed by atoms with Gasteiger partial charge in [-0.3, -0.25) is 9.69 Å². The third-order valence-corrected chi connectivity index (χ3v) is 6.70. The molecule has 0 saturated heterocycles. The van der Waals surface area contributed by atoms with Crippen molar-refractivity contribution in [1.29, 1.82) is 0 Å². The summed E-state index contributed by atoms with van der Waals surface area (Å²) in [5.41, 5.74) is 6.73. The number of hydrogen-bond donors (Lipinski definition) is 1. The average Bonchev–Trinajstić information content (AvgIpc) is 2.76. The van der Waals surface area contributed by atoms with Crippen LogP contribution in [0, 0.1) is 6.92 Å². The Hall–Kier alpha value is -2.33. The molecule has 1 heterocycles. The van der Waals surface area contributed by atoms with Crippen molar-refractivity contribution in [2.75, 3.05) is 13.1 Å². The molecule has 0 unspecified atom stereocenters. The number of rotatable bonds is 7. The van der Waals surface area contributed by atoms with E-state index in [1.165, 1.54) is 59.9 Å². The quantitative estimate of drug-likeness (QED) is 0.663. The molecule has 1 N–H and O–H groups in total. The van der Waals surface area contributed by atoms with Crippen LogP contribution in [0.2, 0.25) is 0 Å². The lowest BCUT2D eigenvalue weighted by Crippen LogP contribution is -2.32. The third-order valence-electron chi connectivity index (χ3n) is 6.70. The van der Waals surface area contributed by atoms with Gasteiger partial charge in [0.05, 0.1) is 6.42 Å². The van der Waals surface area contributed by atoms with E-state index >= 15 is 0 Å². The molecule has 1 aliphatic carbocycles. The first-order chi connectivity index (χ1) is 14.6. The van der Waals surface area contributed by atoms with Gasteiger partial charge in [-0.05, 0) is 72.1 Å². The molecule has 0 bridgehead atoms. The molecular weight excluding hydrogens is 374 g/mol. The van der Waals surface area contributed by atoms with Crippen LogP contribution in [0.1, 0.15) is 72.3 Å². The highest BCUT2D eigenvalue weighted by atomic mass is 16.5. The Morgan fingerprint density at radius 1 is 1.10 bits per heavy atom. The zero-order chi connectivity index (χ0) is 20.9. The molecule has 0 aromatic heterocycles. The minimum Gasteiger partial charge on any atom is -0.489 e. The topological polar surface area (TPSA) is 49.8 Å². The normalized spacial score (nSPS) is 17.5. The monoisotopic (exact) mass is 407 g/mol. The summed E-state index contributed by atoms with van der Waals surface area (Å²) in [6, 6.07) is 13.2. The van der Waals surface area contributed by atoms with Crippen molar-refractivity contribution in [3.8, 4) is 5.75 Å². The Kier molecular flexibility index (Phi) is 6.73. The second-order valence-corrected chi connectivity index (χ2v) is 8.91. The lowest BCUT2D eigenvalue weighted by atomic mass is 9.82. The first-order valence-electron chi connectivity index (χ1n) is 11.4. The summed E-state index contributed by atoms with van der Waals surface area (Å²) in [7, 11) is 0. The van der Waals surface area contributed by atoms with Gasteiger partial charge in [-0.1, -0.05) is 43.5 Å². The molecule has 1 saturated carbocycles. The molecule has 4 heteroatoms. The molecule has 160 valence electrons. The van der Waals surface area contributed by atoms with Gasteiger partial charge < -0.3 is 9.84 Å². The molecule has 30 heavy (non-hydrogen) atoms. The highest BCUT2D eigenvalue weighted by molar-refractivity contribution is 5.66. The largest absolute Gasteiger partial charge is 0.489 e. The summed E-state index contributed by atoms with van der Waals surface area (Å²) >= 11 is 0. The molecule has 1 aliphatic heterocycles. The lowest BCUT2D eigenvalue weighted by Gasteiger charge is -2.28. The Balaban J connectivity index is 1.34. The van der Waals surface area contributed by atoms with E-state index in [0.717, 1.165) is 31.2 Å². The van der Waals surface area contributed by atoms with Crippen LogP contribution in [0.15, 0.2) is 36.4 Å². The van der Waals surface area contributed by atoms with Crippen LogP contribution in [0.5, 0.6) is 5.75 Å². The van der Waals surface area contributed by atoms with Crippen LogP contribution in [-0.4, -0.2) is 29.1 Å². The summed E-state index contributed by atoms with van der Waals surface area (Å²) < 4.78 is 6.12. The summed E-state index contributed by atoms with van der Waals surface area (Å²) in [5.74, 6) is 0.948. The summed E-state index contributed by atoms with van der Waals surface area (Å²) in [6.07, 6.45) is 7.93. The van der Waals surface area contributed by atoms with E-state index in [0.29, 0.717) is 13.2 Å². The van der Waals surface area contributed by atoms with Gasteiger partial charge in [-0.25, -0.2) is 0 Å². The smallest absolute Gasteiger partial charge is 0.304 e. The molecule has 0 spiro atoms. The summed E-state index contributed by atoms with van der Waals surface area (Å²) in [5, 5.41) is 8.89. The molecule has 4 rings (SSSR count). The van der Waals surface area contributed by atoms with E-state index in [-0.39, 0.29) is 6.42 Å². The number of carboxylic acid groups (broad SMARTS) is 1. The van der Waals surface area contributed by atoms with Crippen LogP contribution in [0.4, 0.5) is 0 Å². The lowest BCUT2D eigenvalue weighted by molar-refractivity contribution is -0.137. The first kappa shape index (κ1) is 20.9. The minimum absolute atomic E-state index is 0.209. The number of nitrogens with zero attached hydrogens (tertiary/aromatic N) is 1. The number of hydrogen-bond acceptors (Lipinski definition) is 3. The average molecular weight is 408 g/mol. The van der Waals surface area contributed by atoms with E-state index in [4.69, 9.17) is 9.84 Å². The first-order valence-corrected chi connectivity index (χ1v) is 11.4. The fourth-order valence-electron chi connectivity index (χ4n) is 4.98. The van der Waals surface area contributed by atoms with E-state index < -0.39 is 5.97 Å². The van der Waals surface area contributed by atoms with Crippen LogP contribution < -0.4 is 4.74 Å². The molecule has 4 nitrogen and oxygen atoms in total. The van der Waals surface area contributed by atoms with Crippen molar-refractivity contribution in [3.63, 3.8) is 0 Å². The zero-order valence-electron chi connectivity index (χ0n) is 18.0. The van der Waals surface area contributed by atoms with E-state index in [2.05, 4.69) is 48.2 Å². The second kappa shape index (κ2) is 9.65. The molecule has 0 amide bonds. The maximum absolute atomic E-state index is 10.8. The number of carboxylic acids is 1.